The van der Waals surface area contributed by atoms with Gasteiger partial charge in [0.05, 0.1) is 23.5 Å². The van der Waals surface area contributed by atoms with E-state index >= 15 is 0 Å². The van der Waals surface area contributed by atoms with Gasteiger partial charge in [-0.25, -0.2) is 9.59 Å². The van der Waals surface area contributed by atoms with Crippen LogP contribution in [0, 0.1) is 0 Å². The van der Waals surface area contributed by atoms with Gasteiger partial charge in [-0.05, 0) is 12.1 Å². The van der Waals surface area contributed by atoms with Crippen LogP contribution in [0.4, 0.5) is 0 Å². The first kappa shape index (κ1) is 15.1. The van der Waals surface area contributed by atoms with Gasteiger partial charge in [0.25, 0.3) is 0 Å². The summed E-state index contributed by atoms with van der Waals surface area (Å²) in [5.74, 6) is -2.46. The molecule has 0 unspecified atom stereocenters. The van der Waals surface area contributed by atoms with Crippen molar-refractivity contribution in [1.29, 1.82) is 0 Å². The molecule has 0 spiro atoms. The van der Waals surface area contributed by atoms with Crippen LogP contribution in [-0.4, -0.2) is 32.3 Å². The quantitative estimate of drug-likeness (QED) is 0.754. The molecule has 0 atom stereocenters. The molecule has 1 heterocycles. The van der Waals surface area contributed by atoms with Gasteiger partial charge in [-0.1, -0.05) is 36.4 Å². The Morgan fingerprint density at radius 2 is 1.05 bits per heavy atom. The fourth-order valence-electron chi connectivity index (χ4n) is 1.79. The van der Waals surface area contributed by atoms with Crippen LogP contribution in [0.1, 0.15) is 20.7 Å². The van der Waals surface area contributed by atoms with Crippen molar-refractivity contribution in [2.45, 2.75) is 0 Å². The zero-order chi connectivity index (χ0) is 15.9. The predicted octanol–water partition coefficient (Wildman–Crippen LogP) is 2.71. The summed E-state index contributed by atoms with van der Waals surface area (Å²) in [4.78, 5) is 20.9. The fraction of sp³-hybridized carbons (Fsp3) is 0. The molecule has 6 nitrogen and oxygen atoms in total. The highest BCUT2D eigenvalue weighted by molar-refractivity contribution is 6.01. The van der Waals surface area contributed by atoms with Gasteiger partial charge < -0.3 is 10.2 Å². The molecule has 0 aliphatic rings. The summed E-state index contributed by atoms with van der Waals surface area (Å²) in [6.45, 7) is 0. The molecule has 3 aromatic rings. The average molecular weight is 296 g/mol. The van der Waals surface area contributed by atoms with Crippen LogP contribution in [0.5, 0.6) is 0 Å². The topological polar surface area (TPSA) is 100 Å². The summed E-state index contributed by atoms with van der Waals surface area (Å²) in [5.41, 5.74) is -0.380. The molecule has 2 aromatic carbocycles. The largest absolute Gasteiger partial charge is 0.478 e. The maximum atomic E-state index is 10.5. The number of hydrogen-bond donors (Lipinski definition) is 2. The minimum Gasteiger partial charge on any atom is -0.478 e. The summed E-state index contributed by atoms with van der Waals surface area (Å²) in [5, 5.41) is 26.9. The van der Waals surface area contributed by atoms with Crippen molar-refractivity contribution < 1.29 is 19.8 Å². The lowest BCUT2D eigenvalue weighted by molar-refractivity contribution is 0.0651. The van der Waals surface area contributed by atoms with Crippen molar-refractivity contribution in [3.05, 3.63) is 72.1 Å². The molecule has 0 saturated heterocycles. The standard InChI is InChI=1S/C8H6N2.C8H6O4/c1-2-4-8-6-10-9-5-7(8)3-1;9-7(10)5-3-1-2-4-6(5)8(11)12/h1-6H;1-4H,(H,9,10)(H,11,12). The Morgan fingerprint density at radius 3 is 1.41 bits per heavy atom. The third kappa shape index (κ3) is 3.63. The predicted molar refractivity (Wildman–Crippen MR) is 79.9 cm³/mol. The highest BCUT2D eigenvalue weighted by atomic mass is 16.4. The third-order valence-corrected chi connectivity index (χ3v) is 2.84. The Balaban J connectivity index is 0.000000162. The van der Waals surface area contributed by atoms with Crippen LogP contribution in [0.2, 0.25) is 0 Å². The van der Waals surface area contributed by atoms with Gasteiger partial charge in [-0.2, -0.15) is 10.2 Å². The number of carboxylic acid groups (broad SMARTS) is 2. The molecule has 110 valence electrons. The zero-order valence-corrected chi connectivity index (χ0v) is 11.4. The molecular formula is C16H12N2O4. The van der Waals surface area contributed by atoms with E-state index in [2.05, 4.69) is 10.2 Å². The van der Waals surface area contributed by atoms with Gasteiger partial charge >= 0.3 is 11.9 Å². The van der Waals surface area contributed by atoms with E-state index in [1.165, 1.54) is 24.3 Å². The van der Waals surface area contributed by atoms with Crippen molar-refractivity contribution in [3.8, 4) is 0 Å². The Labute approximate surface area is 125 Å². The number of benzene rings is 2. The minimum absolute atomic E-state index is 0.190. The lowest BCUT2D eigenvalue weighted by atomic mass is 10.1. The summed E-state index contributed by atoms with van der Waals surface area (Å²) in [6.07, 6.45) is 3.52. The number of carbonyl (C=O) groups is 2. The molecule has 0 fully saturated rings. The SMILES string of the molecule is O=C(O)c1ccccc1C(=O)O.c1ccc2cnncc2c1. The van der Waals surface area contributed by atoms with Crippen LogP contribution >= 0.6 is 0 Å². The highest BCUT2D eigenvalue weighted by Gasteiger charge is 2.13. The second kappa shape index (κ2) is 6.94. The van der Waals surface area contributed by atoms with E-state index in [1.807, 2.05) is 24.3 Å². The van der Waals surface area contributed by atoms with E-state index in [0.29, 0.717) is 0 Å². The normalized spacial score (nSPS) is 9.64. The molecular weight excluding hydrogens is 284 g/mol. The Bertz CT molecular complexity index is 719. The number of hydrogen-bond acceptors (Lipinski definition) is 4. The van der Waals surface area contributed by atoms with E-state index < -0.39 is 11.9 Å². The number of nitrogens with zero attached hydrogens (tertiary/aromatic N) is 2. The number of fused-ring (bicyclic) bond motifs is 1. The number of aromatic nitrogens is 2. The fourth-order valence-corrected chi connectivity index (χ4v) is 1.79. The number of rotatable bonds is 2. The molecule has 0 radical (unpaired) electrons. The van der Waals surface area contributed by atoms with E-state index in [0.717, 1.165) is 10.8 Å². The molecule has 0 aliphatic carbocycles. The Kier molecular flexibility index (Phi) is 4.77. The maximum Gasteiger partial charge on any atom is 0.336 e. The van der Waals surface area contributed by atoms with Crippen LogP contribution in [0.15, 0.2) is 60.9 Å². The van der Waals surface area contributed by atoms with Crippen LogP contribution in [-0.2, 0) is 0 Å². The van der Waals surface area contributed by atoms with Gasteiger partial charge in [-0.3, -0.25) is 0 Å². The molecule has 22 heavy (non-hydrogen) atoms. The zero-order valence-electron chi connectivity index (χ0n) is 11.4. The van der Waals surface area contributed by atoms with Gasteiger partial charge in [0.2, 0.25) is 0 Å². The van der Waals surface area contributed by atoms with Crippen molar-refractivity contribution in [3.63, 3.8) is 0 Å². The lowest BCUT2D eigenvalue weighted by Gasteiger charge is -1.98. The van der Waals surface area contributed by atoms with Crippen LogP contribution in [0.25, 0.3) is 10.8 Å². The average Bonchev–Trinajstić information content (AvgIpc) is 2.55. The summed E-state index contributed by atoms with van der Waals surface area (Å²) in [7, 11) is 0. The van der Waals surface area contributed by atoms with E-state index in [4.69, 9.17) is 10.2 Å². The summed E-state index contributed by atoms with van der Waals surface area (Å²) < 4.78 is 0. The van der Waals surface area contributed by atoms with E-state index in [1.54, 1.807) is 12.4 Å². The first-order valence-corrected chi connectivity index (χ1v) is 6.30. The maximum absolute atomic E-state index is 10.5. The van der Waals surface area contributed by atoms with Crippen molar-refractivity contribution in [2.75, 3.05) is 0 Å². The first-order chi connectivity index (χ1) is 10.6. The van der Waals surface area contributed by atoms with Gasteiger partial charge in [0.1, 0.15) is 0 Å². The smallest absolute Gasteiger partial charge is 0.336 e. The van der Waals surface area contributed by atoms with Crippen molar-refractivity contribution in [1.82, 2.24) is 10.2 Å². The van der Waals surface area contributed by atoms with Crippen LogP contribution < -0.4 is 0 Å². The molecule has 1 aromatic heterocycles. The second-order valence-corrected chi connectivity index (χ2v) is 4.27. The molecule has 0 saturated carbocycles. The summed E-state index contributed by atoms with van der Waals surface area (Å²) in [6, 6.07) is 13.5. The van der Waals surface area contributed by atoms with E-state index in [-0.39, 0.29) is 11.1 Å². The van der Waals surface area contributed by atoms with E-state index in [9.17, 15) is 9.59 Å². The molecule has 0 amide bonds. The highest BCUT2D eigenvalue weighted by Crippen LogP contribution is 2.08. The first-order valence-electron chi connectivity index (χ1n) is 6.30. The Hall–Kier alpha value is -3.28. The van der Waals surface area contributed by atoms with Gasteiger partial charge in [0, 0.05) is 10.8 Å². The molecule has 6 heteroatoms. The second-order valence-electron chi connectivity index (χ2n) is 4.27. The lowest BCUT2D eigenvalue weighted by Crippen LogP contribution is -2.06. The third-order valence-electron chi connectivity index (χ3n) is 2.84. The summed E-state index contributed by atoms with van der Waals surface area (Å²) >= 11 is 0. The van der Waals surface area contributed by atoms with Crippen LogP contribution in [0.3, 0.4) is 0 Å². The number of carboxylic acids is 2. The molecule has 3 rings (SSSR count). The molecule has 2 N–H and O–H groups in total. The minimum atomic E-state index is -1.23. The van der Waals surface area contributed by atoms with Gasteiger partial charge in [-0.15, -0.1) is 0 Å². The Morgan fingerprint density at radius 1 is 0.682 bits per heavy atom. The molecule has 0 aliphatic heterocycles. The van der Waals surface area contributed by atoms with Crippen molar-refractivity contribution >= 4 is 22.7 Å². The number of aromatic carboxylic acids is 2. The molecule has 0 bridgehead atoms. The van der Waals surface area contributed by atoms with Crippen molar-refractivity contribution in [2.24, 2.45) is 0 Å². The van der Waals surface area contributed by atoms with Gasteiger partial charge in [0.15, 0.2) is 0 Å². The monoisotopic (exact) mass is 296 g/mol.